The number of aliphatic hydroxyl groups excluding tert-OH is 1. The van der Waals surface area contributed by atoms with Gasteiger partial charge in [-0.15, -0.1) is 0 Å². The summed E-state index contributed by atoms with van der Waals surface area (Å²) < 4.78 is 0. The maximum absolute atomic E-state index is 8.67. The van der Waals surface area contributed by atoms with E-state index in [-0.39, 0.29) is 6.61 Å². The third kappa shape index (κ3) is 6.28. The van der Waals surface area contributed by atoms with Crippen LogP contribution in [-0.2, 0) is 0 Å². The Morgan fingerprint density at radius 2 is 2.21 bits per heavy atom. The van der Waals surface area contributed by atoms with E-state index in [0.29, 0.717) is 12.6 Å². The highest BCUT2D eigenvalue weighted by atomic mass is 16.3. The zero-order valence-electron chi connectivity index (χ0n) is 9.08. The number of nitrogens with one attached hydrogen (secondary N) is 1. The highest BCUT2D eigenvalue weighted by molar-refractivity contribution is 4.68. The summed E-state index contributed by atoms with van der Waals surface area (Å²) in [5.74, 6) is 5.85. The van der Waals surface area contributed by atoms with Gasteiger partial charge in [0, 0.05) is 38.8 Å². The van der Waals surface area contributed by atoms with Gasteiger partial charge in [0.2, 0.25) is 0 Å². The van der Waals surface area contributed by atoms with Gasteiger partial charge in [0.15, 0.2) is 0 Å². The minimum Gasteiger partial charge on any atom is -0.396 e. The van der Waals surface area contributed by atoms with Crippen molar-refractivity contribution in [3.8, 4) is 0 Å². The maximum Gasteiger partial charge on any atom is 0.0443 e. The van der Waals surface area contributed by atoms with Crippen LogP contribution in [0.1, 0.15) is 19.8 Å². The van der Waals surface area contributed by atoms with Crippen molar-refractivity contribution in [2.45, 2.75) is 25.8 Å². The first-order chi connectivity index (χ1) is 6.76. The lowest BCUT2D eigenvalue weighted by atomic mass is 10.2. The highest BCUT2D eigenvalue weighted by Crippen LogP contribution is 1.98. The lowest BCUT2D eigenvalue weighted by molar-refractivity contribution is 0.169. The smallest absolute Gasteiger partial charge is 0.0443 e. The monoisotopic (exact) mass is 204 g/mol. The van der Waals surface area contributed by atoms with Crippen LogP contribution in [0.4, 0.5) is 0 Å². The zero-order valence-corrected chi connectivity index (χ0v) is 9.08. The molecule has 1 unspecified atom stereocenters. The zero-order chi connectivity index (χ0) is 10.8. The number of hydrazine groups is 1. The third-order valence-corrected chi connectivity index (χ3v) is 2.22. The Kier molecular flexibility index (Phi) is 9.23. The second kappa shape index (κ2) is 9.36. The minimum atomic E-state index is 0.195. The molecular weight excluding hydrogens is 180 g/mol. The molecule has 0 fully saturated rings. The van der Waals surface area contributed by atoms with Crippen molar-refractivity contribution in [2.75, 3.05) is 32.8 Å². The summed E-state index contributed by atoms with van der Waals surface area (Å²) in [6.45, 7) is 5.37. The molecule has 0 spiro atoms. The van der Waals surface area contributed by atoms with Gasteiger partial charge in [-0.25, -0.2) is 5.01 Å². The Morgan fingerprint density at radius 1 is 1.50 bits per heavy atom. The van der Waals surface area contributed by atoms with Crippen molar-refractivity contribution in [1.82, 2.24) is 10.3 Å². The average molecular weight is 204 g/mol. The van der Waals surface area contributed by atoms with Crippen LogP contribution in [0.5, 0.6) is 0 Å². The Balaban J connectivity index is 3.62. The van der Waals surface area contributed by atoms with Gasteiger partial charge in [-0.2, -0.15) is 0 Å². The number of hydrogen-bond acceptors (Lipinski definition) is 5. The molecule has 86 valence electrons. The van der Waals surface area contributed by atoms with E-state index in [4.69, 9.17) is 16.7 Å². The van der Waals surface area contributed by atoms with Crippen molar-refractivity contribution in [2.24, 2.45) is 11.6 Å². The Bertz CT molecular complexity index is 123. The molecule has 5 heteroatoms. The van der Waals surface area contributed by atoms with E-state index in [1.165, 1.54) is 0 Å². The molecule has 1 atom stereocenters. The first-order valence-electron chi connectivity index (χ1n) is 5.29. The fourth-order valence-corrected chi connectivity index (χ4v) is 1.30. The molecule has 0 aliphatic carbocycles. The number of hydrogen-bond donors (Lipinski definition) is 4. The van der Waals surface area contributed by atoms with Crippen LogP contribution in [-0.4, -0.2) is 48.9 Å². The summed E-state index contributed by atoms with van der Waals surface area (Å²) in [6.07, 6.45) is 1.73. The Labute approximate surface area is 86.4 Å². The van der Waals surface area contributed by atoms with E-state index >= 15 is 0 Å². The van der Waals surface area contributed by atoms with E-state index in [9.17, 15) is 0 Å². The lowest BCUT2D eigenvalue weighted by Gasteiger charge is -2.26. The van der Waals surface area contributed by atoms with Gasteiger partial charge in [-0.05, 0) is 12.8 Å². The van der Waals surface area contributed by atoms with Gasteiger partial charge in [0.05, 0.1) is 0 Å². The molecule has 0 aromatic heterocycles. The number of rotatable bonds is 9. The van der Waals surface area contributed by atoms with Crippen LogP contribution >= 0.6 is 0 Å². The van der Waals surface area contributed by atoms with Gasteiger partial charge in [-0.3, -0.25) is 5.84 Å². The van der Waals surface area contributed by atoms with Crippen molar-refractivity contribution in [3.05, 3.63) is 0 Å². The van der Waals surface area contributed by atoms with E-state index in [0.717, 1.165) is 32.5 Å². The number of nitrogens with zero attached hydrogens (tertiary/aromatic N) is 1. The molecule has 14 heavy (non-hydrogen) atoms. The quantitative estimate of drug-likeness (QED) is 0.217. The molecule has 0 saturated heterocycles. The fourth-order valence-electron chi connectivity index (χ4n) is 1.30. The third-order valence-electron chi connectivity index (χ3n) is 2.22. The maximum atomic E-state index is 8.67. The molecule has 0 amide bonds. The molecular formula is C9H24N4O. The van der Waals surface area contributed by atoms with E-state index in [2.05, 4.69) is 12.2 Å². The van der Waals surface area contributed by atoms with Gasteiger partial charge < -0.3 is 16.2 Å². The summed E-state index contributed by atoms with van der Waals surface area (Å²) >= 11 is 0. The average Bonchev–Trinajstić information content (AvgIpc) is 2.21. The fraction of sp³-hybridized carbons (Fsp3) is 1.00. The van der Waals surface area contributed by atoms with Crippen molar-refractivity contribution < 1.29 is 5.11 Å². The first kappa shape index (κ1) is 13.8. The molecule has 0 heterocycles. The van der Waals surface area contributed by atoms with Gasteiger partial charge in [-0.1, -0.05) is 6.92 Å². The SMILES string of the molecule is CCC(CNCCN)N(N)CCCO. The standard InChI is InChI=1S/C9H24N4O/c1-2-9(8-12-5-4-10)13(11)6-3-7-14/h9,12,14H,2-8,10-11H2,1H3. The van der Waals surface area contributed by atoms with Crippen LogP contribution in [0, 0.1) is 0 Å². The summed E-state index contributed by atoms with van der Waals surface area (Å²) in [5, 5.41) is 13.7. The molecule has 0 bridgehead atoms. The lowest BCUT2D eigenvalue weighted by Crippen LogP contribution is -2.47. The second-order valence-corrected chi connectivity index (χ2v) is 3.37. The highest BCUT2D eigenvalue weighted by Gasteiger charge is 2.11. The largest absolute Gasteiger partial charge is 0.396 e. The molecule has 5 nitrogen and oxygen atoms in total. The van der Waals surface area contributed by atoms with E-state index < -0.39 is 0 Å². The molecule has 0 aromatic rings. The van der Waals surface area contributed by atoms with Crippen LogP contribution in [0.25, 0.3) is 0 Å². The van der Waals surface area contributed by atoms with Gasteiger partial charge in [0.25, 0.3) is 0 Å². The molecule has 0 saturated carbocycles. The molecule has 0 rings (SSSR count). The van der Waals surface area contributed by atoms with E-state index in [1.807, 2.05) is 0 Å². The molecule has 0 aliphatic rings. The van der Waals surface area contributed by atoms with Gasteiger partial charge in [0.1, 0.15) is 0 Å². The van der Waals surface area contributed by atoms with Crippen LogP contribution < -0.4 is 16.9 Å². The van der Waals surface area contributed by atoms with Crippen molar-refractivity contribution >= 4 is 0 Å². The van der Waals surface area contributed by atoms with E-state index in [1.54, 1.807) is 5.01 Å². The van der Waals surface area contributed by atoms with Crippen LogP contribution in [0.3, 0.4) is 0 Å². The number of aliphatic hydroxyl groups is 1. The number of nitrogens with two attached hydrogens (primary N) is 2. The summed E-state index contributed by atoms with van der Waals surface area (Å²) in [5.41, 5.74) is 5.37. The minimum absolute atomic E-state index is 0.195. The molecule has 0 radical (unpaired) electrons. The van der Waals surface area contributed by atoms with Crippen molar-refractivity contribution in [3.63, 3.8) is 0 Å². The second-order valence-electron chi connectivity index (χ2n) is 3.37. The molecule has 0 aliphatic heterocycles. The van der Waals surface area contributed by atoms with Gasteiger partial charge >= 0.3 is 0 Å². The topological polar surface area (TPSA) is 87.5 Å². The Hall–Kier alpha value is -0.200. The van der Waals surface area contributed by atoms with Crippen LogP contribution in [0.15, 0.2) is 0 Å². The molecule has 6 N–H and O–H groups in total. The molecule has 0 aromatic carbocycles. The summed E-state index contributed by atoms with van der Waals surface area (Å²) in [7, 11) is 0. The summed E-state index contributed by atoms with van der Waals surface area (Å²) in [4.78, 5) is 0. The Morgan fingerprint density at radius 3 is 2.71 bits per heavy atom. The van der Waals surface area contributed by atoms with Crippen LogP contribution in [0.2, 0.25) is 0 Å². The predicted octanol–water partition coefficient (Wildman–Crippen LogP) is -1.13. The normalized spacial score (nSPS) is 13.5. The van der Waals surface area contributed by atoms with Crippen molar-refractivity contribution in [1.29, 1.82) is 0 Å². The summed E-state index contributed by atoms with van der Waals surface area (Å²) in [6, 6.07) is 0.327. The predicted molar refractivity (Wildman–Crippen MR) is 58.6 cm³/mol. The first-order valence-corrected chi connectivity index (χ1v) is 5.29.